The number of carbonyl (C=O) groups excluding carboxylic acids is 3. The summed E-state index contributed by atoms with van der Waals surface area (Å²) in [6.45, 7) is 0.308. The van der Waals surface area contributed by atoms with E-state index >= 15 is 0 Å². The number of nitrogens with one attached hydrogen (secondary N) is 1. The van der Waals surface area contributed by atoms with E-state index in [4.69, 9.17) is 6.42 Å². The molecule has 0 bridgehead atoms. The summed E-state index contributed by atoms with van der Waals surface area (Å²) in [6, 6.07) is 20.3. The lowest BCUT2D eigenvalue weighted by Crippen LogP contribution is -2.76. The number of aromatic hydroxyl groups is 1. The standard InChI is InChI=1S/C31H30FN5O4/c1-2-16-35-21-29(39)36-27(17-22-10-14-26(38)15-11-22)30(40)34(19-24-8-12-25(32)13-9-24)20-28(36)37(35)31(41)33-18-23-6-4-3-5-7-23/h1,3-15,27-28,38H,16-21H2,(H,33,41)/t27-,28?/m0/s1. The Morgan fingerprint density at radius 2 is 1.66 bits per heavy atom. The summed E-state index contributed by atoms with van der Waals surface area (Å²) in [7, 11) is 0. The lowest BCUT2D eigenvalue weighted by molar-refractivity contribution is -0.189. The van der Waals surface area contributed by atoms with E-state index in [1.165, 1.54) is 39.2 Å². The number of halogens is 1. The molecule has 9 nitrogen and oxygen atoms in total. The van der Waals surface area contributed by atoms with E-state index < -0.39 is 18.2 Å². The van der Waals surface area contributed by atoms with E-state index in [1.54, 1.807) is 29.2 Å². The highest BCUT2D eigenvalue weighted by Crippen LogP contribution is 2.29. The molecule has 2 atom stereocenters. The Morgan fingerprint density at radius 1 is 0.976 bits per heavy atom. The molecule has 3 aromatic rings. The number of rotatable bonds is 7. The molecule has 0 saturated carbocycles. The highest BCUT2D eigenvalue weighted by atomic mass is 19.1. The van der Waals surface area contributed by atoms with Gasteiger partial charge in [-0.1, -0.05) is 60.5 Å². The predicted octanol–water partition coefficient (Wildman–Crippen LogP) is 2.72. The molecule has 0 aliphatic carbocycles. The van der Waals surface area contributed by atoms with Crippen LogP contribution in [0.2, 0.25) is 0 Å². The number of phenolic OH excluding ortho intramolecular Hbond substituents is 1. The highest BCUT2D eigenvalue weighted by Gasteiger charge is 2.51. The topological polar surface area (TPSA) is 96.4 Å². The van der Waals surface area contributed by atoms with Gasteiger partial charge in [0, 0.05) is 19.5 Å². The average molecular weight is 556 g/mol. The quantitative estimate of drug-likeness (QED) is 0.437. The zero-order chi connectivity index (χ0) is 28.9. The number of fused-ring (bicyclic) bond motifs is 1. The fraction of sp³-hybridized carbons (Fsp3) is 0.258. The molecule has 3 aromatic carbocycles. The van der Waals surface area contributed by atoms with E-state index in [-0.39, 0.29) is 62.5 Å². The second-order valence-corrected chi connectivity index (χ2v) is 10.0. The van der Waals surface area contributed by atoms with E-state index in [1.807, 2.05) is 30.3 Å². The van der Waals surface area contributed by atoms with Crippen molar-refractivity contribution < 1.29 is 23.9 Å². The fourth-order valence-electron chi connectivity index (χ4n) is 5.30. The lowest BCUT2D eigenvalue weighted by atomic mass is 9.98. The van der Waals surface area contributed by atoms with Crippen molar-refractivity contribution in [2.24, 2.45) is 0 Å². The smallest absolute Gasteiger partial charge is 0.334 e. The zero-order valence-corrected chi connectivity index (χ0v) is 22.3. The lowest BCUT2D eigenvalue weighted by Gasteiger charge is -2.55. The Labute approximate surface area is 237 Å². The van der Waals surface area contributed by atoms with Gasteiger partial charge in [-0.25, -0.2) is 14.2 Å². The third kappa shape index (κ3) is 6.15. The van der Waals surface area contributed by atoms with Gasteiger partial charge < -0.3 is 20.2 Å². The molecule has 210 valence electrons. The molecule has 2 N–H and O–H groups in total. The fourth-order valence-corrected chi connectivity index (χ4v) is 5.30. The Balaban J connectivity index is 1.49. The number of terminal acetylenes is 1. The van der Waals surface area contributed by atoms with Gasteiger partial charge in [0.05, 0.1) is 19.6 Å². The molecule has 0 aromatic heterocycles. The first-order chi connectivity index (χ1) is 19.8. The number of amides is 4. The maximum Gasteiger partial charge on any atom is 0.334 e. The molecule has 10 heteroatoms. The van der Waals surface area contributed by atoms with Crippen LogP contribution in [-0.2, 0) is 29.1 Å². The van der Waals surface area contributed by atoms with Gasteiger partial charge in [-0.05, 0) is 41.0 Å². The summed E-state index contributed by atoms with van der Waals surface area (Å²) in [5, 5.41) is 15.6. The van der Waals surface area contributed by atoms with E-state index in [9.17, 15) is 23.9 Å². The summed E-state index contributed by atoms with van der Waals surface area (Å²) in [5.74, 6) is 1.61. The van der Waals surface area contributed by atoms with Gasteiger partial charge >= 0.3 is 6.03 Å². The van der Waals surface area contributed by atoms with Gasteiger partial charge in [-0.2, -0.15) is 5.01 Å². The van der Waals surface area contributed by atoms with Crippen molar-refractivity contribution in [1.29, 1.82) is 0 Å². The predicted molar refractivity (Wildman–Crippen MR) is 149 cm³/mol. The van der Waals surface area contributed by atoms with Crippen LogP contribution < -0.4 is 5.32 Å². The maximum absolute atomic E-state index is 13.9. The second kappa shape index (κ2) is 12.1. The number of urea groups is 1. The van der Waals surface area contributed by atoms with Crippen molar-refractivity contribution in [3.05, 3.63) is 101 Å². The first-order valence-electron chi connectivity index (χ1n) is 13.3. The van der Waals surface area contributed by atoms with Crippen molar-refractivity contribution in [1.82, 2.24) is 25.1 Å². The Kier molecular flexibility index (Phi) is 8.17. The third-order valence-corrected chi connectivity index (χ3v) is 7.25. The summed E-state index contributed by atoms with van der Waals surface area (Å²) in [5.41, 5.74) is 2.35. The molecule has 2 fully saturated rings. The largest absolute Gasteiger partial charge is 0.508 e. The number of nitrogens with zero attached hydrogens (tertiary/aromatic N) is 4. The summed E-state index contributed by atoms with van der Waals surface area (Å²) in [6.07, 6.45) is 4.96. The van der Waals surface area contributed by atoms with Crippen LogP contribution in [0.3, 0.4) is 0 Å². The first-order valence-corrected chi connectivity index (χ1v) is 13.3. The molecular weight excluding hydrogens is 525 g/mol. The van der Waals surface area contributed by atoms with Crippen LogP contribution in [0.25, 0.3) is 0 Å². The van der Waals surface area contributed by atoms with E-state index in [2.05, 4.69) is 11.2 Å². The Hall–Kier alpha value is -4.88. The molecule has 0 radical (unpaired) electrons. The minimum Gasteiger partial charge on any atom is -0.508 e. The van der Waals surface area contributed by atoms with Gasteiger partial charge in [0.2, 0.25) is 11.8 Å². The Morgan fingerprint density at radius 3 is 2.34 bits per heavy atom. The van der Waals surface area contributed by atoms with Crippen LogP contribution in [0.1, 0.15) is 16.7 Å². The van der Waals surface area contributed by atoms with Crippen molar-refractivity contribution in [3.8, 4) is 18.1 Å². The van der Waals surface area contributed by atoms with Gasteiger partial charge in [0.25, 0.3) is 0 Å². The van der Waals surface area contributed by atoms with Gasteiger partial charge in [0.1, 0.15) is 23.8 Å². The number of piperazine rings is 1. The van der Waals surface area contributed by atoms with Crippen LogP contribution in [0.15, 0.2) is 78.9 Å². The van der Waals surface area contributed by atoms with Gasteiger partial charge in [0.15, 0.2) is 0 Å². The number of phenols is 1. The minimum absolute atomic E-state index is 0.0172. The van der Waals surface area contributed by atoms with Gasteiger partial charge in [-0.3, -0.25) is 9.59 Å². The van der Waals surface area contributed by atoms with Crippen molar-refractivity contribution in [3.63, 3.8) is 0 Å². The zero-order valence-electron chi connectivity index (χ0n) is 22.3. The minimum atomic E-state index is -0.913. The molecule has 41 heavy (non-hydrogen) atoms. The number of hydrogen-bond acceptors (Lipinski definition) is 5. The molecule has 4 amide bonds. The van der Waals surface area contributed by atoms with Crippen molar-refractivity contribution in [2.45, 2.75) is 31.7 Å². The molecule has 1 unspecified atom stereocenters. The summed E-state index contributed by atoms with van der Waals surface area (Å²) in [4.78, 5) is 44.2. The third-order valence-electron chi connectivity index (χ3n) is 7.25. The maximum atomic E-state index is 13.9. The number of hydrogen-bond donors (Lipinski definition) is 2. The summed E-state index contributed by atoms with van der Waals surface area (Å²) >= 11 is 0. The number of carbonyl (C=O) groups is 3. The molecule has 2 aliphatic heterocycles. The van der Waals surface area contributed by atoms with Crippen LogP contribution in [0.5, 0.6) is 5.75 Å². The van der Waals surface area contributed by atoms with Crippen molar-refractivity contribution >= 4 is 17.8 Å². The van der Waals surface area contributed by atoms with E-state index in [0.717, 1.165) is 11.1 Å². The molecule has 0 spiro atoms. The monoisotopic (exact) mass is 555 g/mol. The van der Waals surface area contributed by atoms with Crippen LogP contribution in [0, 0.1) is 18.2 Å². The van der Waals surface area contributed by atoms with Crippen LogP contribution in [0.4, 0.5) is 9.18 Å². The van der Waals surface area contributed by atoms with Crippen LogP contribution >= 0.6 is 0 Å². The SMILES string of the molecule is C#CCN1CC(=O)N2C(CN(Cc3ccc(F)cc3)C(=O)[C@@H]2Cc2ccc(O)cc2)N1C(=O)NCc1ccccc1. The number of benzene rings is 3. The molecule has 5 rings (SSSR count). The van der Waals surface area contributed by atoms with Crippen molar-refractivity contribution in [2.75, 3.05) is 19.6 Å². The molecule has 2 saturated heterocycles. The highest BCUT2D eigenvalue weighted by molar-refractivity contribution is 5.91. The molecular formula is C31H30FN5O4. The van der Waals surface area contributed by atoms with Crippen LogP contribution in [-0.4, -0.2) is 74.6 Å². The average Bonchev–Trinajstić information content (AvgIpc) is 2.97. The molecule has 2 heterocycles. The number of hydrazine groups is 1. The first kappa shape index (κ1) is 27.7. The van der Waals surface area contributed by atoms with Gasteiger partial charge in [-0.15, -0.1) is 6.42 Å². The summed E-state index contributed by atoms with van der Waals surface area (Å²) < 4.78 is 13.6. The van der Waals surface area contributed by atoms with E-state index in [0.29, 0.717) is 5.56 Å². The second-order valence-electron chi connectivity index (χ2n) is 10.0. The normalized spacial score (nSPS) is 19.1. The molecule has 2 aliphatic rings. The Bertz CT molecular complexity index is 1440.